The lowest BCUT2D eigenvalue weighted by atomic mass is 9.69. The van der Waals surface area contributed by atoms with Gasteiger partial charge >= 0.3 is 6.09 Å². The molecule has 154 valence electrons. The van der Waals surface area contributed by atoms with E-state index in [1.165, 1.54) is 7.11 Å². The molecule has 3 rings (SSSR count). The van der Waals surface area contributed by atoms with E-state index in [4.69, 9.17) is 4.74 Å². The van der Waals surface area contributed by atoms with Crippen molar-refractivity contribution in [3.63, 3.8) is 0 Å². The van der Waals surface area contributed by atoms with E-state index in [1.807, 2.05) is 6.92 Å². The molecule has 7 heteroatoms. The summed E-state index contributed by atoms with van der Waals surface area (Å²) in [5.74, 6) is 0.826. The molecule has 0 aromatic rings. The molecule has 1 saturated carbocycles. The summed E-state index contributed by atoms with van der Waals surface area (Å²) in [4.78, 5) is 24.3. The number of fused-ring (bicyclic) bond motifs is 4. The number of carbonyl (C=O) groups is 2. The molecule has 2 amide bonds. The van der Waals surface area contributed by atoms with Crippen LogP contribution in [-0.2, 0) is 9.53 Å². The normalized spacial score (nSPS) is 40.6. The van der Waals surface area contributed by atoms with Gasteiger partial charge in [0.15, 0.2) is 6.30 Å². The fourth-order valence-electron chi connectivity index (χ4n) is 5.21. The average Bonchev–Trinajstić information content (AvgIpc) is 2.65. The number of piperidine rings is 1. The molecule has 2 saturated heterocycles. The van der Waals surface area contributed by atoms with E-state index in [1.54, 1.807) is 0 Å². The highest BCUT2D eigenvalue weighted by Gasteiger charge is 2.41. The Morgan fingerprint density at radius 3 is 2.70 bits per heavy atom. The Bertz CT molecular complexity index is 533. The number of amides is 2. The highest BCUT2D eigenvalue weighted by atomic mass is 19.1. The summed E-state index contributed by atoms with van der Waals surface area (Å²) in [6, 6.07) is 0.0161. The molecule has 2 heterocycles. The van der Waals surface area contributed by atoms with Crippen molar-refractivity contribution in [2.45, 2.75) is 76.7 Å². The van der Waals surface area contributed by atoms with E-state index in [-0.39, 0.29) is 29.8 Å². The second-order valence-corrected chi connectivity index (χ2v) is 8.68. The lowest BCUT2D eigenvalue weighted by molar-refractivity contribution is -0.126. The summed E-state index contributed by atoms with van der Waals surface area (Å²) in [6.07, 6.45) is 5.72. The lowest BCUT2D eigenvalue weighted by Gasteiger charge is -2.45. The Morgan fingerprint density at radius 1 is 1.15 bits per heavy atom. The number of ether oxygens (including phenoxy) is 1. The van der Waals surface area contributed by atoms with Gasteiger partial charge in [0.2, 0.25) is 5.91 Å². The van der Waals surface area contributed by atoms with E-state index in [9.17, 15) is 14.0 Å². The number of carbonyl (C=O) groups excluding carboxylic acids is 2. The first-order valence-electron chi connectivity index (χ1n) is 10.5. The second kappa shape index (κ2) is 9.22. The Labute approximate surface area is 161 Å². The molecule has 0 aromatic heterocycles. The third-order valence-corrected chi connectivity index (χ3v) is 6.85. The first-order valence-corrected chi connectivity index (χ1v) is 10.5. The molecule has 0 unspecified atom stereocenters. The molecule has 0 aromatic carbocycles. The summed E-state index contributed by atoms with van der Waals surface area (Å²) in [5, 5.41) is 9.23. The van der Waals surface area contributed by atoms with E-state index >= 15 is 0 Å². The van der Waals surface area contributed by atoms with Crippen LogP contribution in [0.1, 0.15) is 58.3 Å². The Hall–Kier alpha value is -1.37. The summed E-state index contributed by atoms with van der Waals surface area (Å²) in [5.41, 5.74) is 0. The summed E-state index contributed by atoms with van der Waals surface area (Å²) < 4.78 is 19.1. The SMILES string of the molecule is COC(=O)N[C@H]1CC[C@H]2[C@H]3CN[C@@H](F)[C@@H](CCCC[C@H](C)C(=O)N[C@H]2C1)C3. The quantitative estimate of drug-likeness (QED) is 0.609. The van der Waals surface area contributed by atoms with Gasteiger partial charge in [-0.05, 0) is 50.4 Å². The van der Waals surface area contributed by atoms with Gasteiger partial charge in [-0.2, -0.15) is 0 Å². The topological polar surface area (TPSA) is 79.5 Å². The van der Waals surface area contributed by atoms with Crippen molar-refractivity contribution in [3.8, 4) is 0 Å². The lowest BCUT2D eigenvalue weighted by Crippen LogP contribution is -2.55. The van der Waals surface area contributed by atoms with E-state index in [0.717, 1.165) is 44.9 Å². The van der Waals surface area contributed by atoms with Gasteiger partial charge in [-0.25, -0.2) is 9.18 Å². The van der Waals surface area contributed by atoms with Crippen LogP contribution in [0.3, 0.4) is 0 Å². The van der Waals surface area contributed by atoms with Gasteiger partial charge in [-0.1, -0.05) is 19.8 Å². The van der Waals surface area contributed by atoms with Gasteiger partial charge in [0.05, 0.1) is 7.11 Å². The molecule has 6 nitrogen and oxygen atoms in total. The molecular weight excluding hydrogens is 349 g/mol. The third kappa shape index (κ3) is 5.12. The van der Waals surface area contributed by atoms with E-state index in [2.05, 4.69) is 16.0 Å². The van der Waals surface area contributed by atoms with Crippen LogP contribution >= 0.6 is 0 Å². The summed E-state index contributed by atoms with van der Waals surface area (Å²) in [7, 11) is 1.36. The van der Waals surface area contributed by atoms with E-state index < -0.39 is 12.4 Å². The number of hydrogen-bond donors (Lipinski definition) is 3. The largest absolute Gasteiger partial charge is 0.453 e. The van der Waals surface area contributed by atoms with Crippen molar-refractivity contribution in [1.82, 2.24) is 16.0 Å². The zero-order valence-corrected chi connectivity index (χ0v) is 16.5. The second-order valence-electron chi connectivity index (χ2n) is 8.68. The number of methoxy groups -OCH3 is 1. The van der Waals surface area contributed by atoms with Crippen LogP contribution in [0.4, 0.5) is 9.18 Å². The molecule has 0 spiro atoms. The molecule has 3 aliphatic rings. The molecule has 3 fully saturated rings. The predicted molar refractivity (Wildman–Crippen MR) is 101 cm³/mol. The summed E-state index contributed by atoms with van der Waals surface area (Å²) >= 11 is 0. The zero-order valence-electron chi connectivity index (χ0n) is 16.5. The Balaban J connectivity index is 1.75. The van der Waals surface area contributed by atoms with Crippen LogP contribution < -0.4 is 16.0 Å². The highest BCUT2D eigenvalue weighted by Crippen LogP contribution is 2.38. The van der Waals surface area contributed by atoms with Crippen molar-refractivity contribution in [1.29, 1.82) is 0 Å². The molecule has 1 aliphatic carbocycles. The maximum absolute atomic E-state index is 14.3. The first-order chi connectivity index (χ1) is 13.0. The van der Waals surface area contributed by atoms with Gasteiger partial charge in [-0.3, -0.25) is 10.1 Å². The van der Waals surface area contributed by atoms with Crippen molar-refractivity contribution in [3.05, 3.63) is 0 Å². The standard InChI is InChI=1S/C20H34FN3O3/c1-12-5-3-4-6-13-9-14(11-22-18(13)21)16-8-7-15(23-20(26)27-2)10-17(16)24-19(12)25/h12-18,22H,3-11H2,1-2H3,(H,23,26)(H,24,25)/t12-,13-,14+,15-,16-,17-,18+/m0/s1. The molecular formula is C20H34FN3O3. The number of halogens is 1. The fourth-order valence-corrected chi connectivity index (χ4v) is 5.21. The predicted octanol–water partition coefficient (Wildman–Crippen LogP) is 2.73. The number of rotatable bonds is 1. The maximum Gasteiger partial charge on any atom is 0.407 e. The number of nitrogens with one attached hydrogen (secondary N) is 3. The Morgan fingerprint density at radius 2 is 1.93 bits per heavy atom. The highest BCUT2D eigenvalue weighted by molar-refractivity contribution is 5.78. The van der Waals surface area contributed by atoms with Crippen LogP contribution in [0.5, 0.6) is 0 Å². The van der Waals surface area contributed by atoms with Gasteiger partial charge in [-0.15, -0.1) is 0 Å². The van der Waals surface area contributed by atoms with Crippen molar-refractivity contribution in [2.24, 2.45) is 23.7 Å². The zero-order chi connectivity index (χ0) is 19.4. The van der Waals surface area contributed by atoms with Crippen LogP contribution in [0.15, 0.2) is 0 Å². The minimum Gasteiger partial charge on any atom is -0.453 e. The van der Waals surface area contributed by atoms with Crippen molar-refractivity contribution < 1.29 is 18.7 Å². The van der Waals surface area contributed by atoms with Crippen molar-refractivity contribution >= 4 is 12.0 Å². The third-order valence-electron chi connectivity index (χ3n) is 6.85. The van der Waals surface area contributed by atoms with Crippen LogP contribution in [0.2, 0.25) is 0 Å². The molecule has 7 atom stereocenters. The smallest absolute Gasteiger partial charge is 0.407 e. The fraction of sp³-hybridized carbons (Fsp3) is 0.900. The van der Waals surface area contributed by atoms with Gasteiger partial charge in [0.25, 0.3) is 0 Å². The number of alkyl carbamates (subject to hydrolysis) is 1. The van der Waals surface area contributed by atoms with Gasteiger partial charge in [0, 0.05) is 30.5 Å². The number of hydrogen-bond acceptors (Lipinski definition) is 4. The molecule has 3 N–H and O–H groups in total. The van der Waals surface area contributed by atoms with Crippen LogP contribution in [-0.4, -0.2) is 44.0 Å². The Kier molecular flexibility index (Phi) is 6.95. The van der Waals surface area contributed by atoms with Crippen LogP contribution in [0, 0.1) is 23.7 Å². The summed E-state index contributed by atoms with van der Waals surface area (Å²) in [6.45, 7) is 2.64. The van der Waals surface area contributed by atoms with Gasteiger partial charge in [0.1, 0.15) is 0 Å². The molecule has 27 heavy (non-hydrogen) atoms. The molecule has 2 bridgehead atoms. The van der Waals surface area contributed by atoms with Gasteiger partial charge < -0.3 is 15.4 Å². The number of alkyl halides is 1. The van der Waals surface area contributed by atoms with Crippen LogP contribution in [0.25, 0.3) is 0 Å². The molecule has 2 aliphatic heterocycles. The minimum atomic E-state index is -0.910. The first kappa shape index (κ1) is 20.4. The van der Waals surface area contributed by atoms with E-state index in [0.29, 0.717) is 24.8 Å². The average molecular weight is 384 g/mol. The van der Waals surface area contributed by atoms with Crippen molar-refractivity contribution in [2.75, 3.05) is 13.7 Å². The maximum atomic E-state index is 14.3. The monoisotopic (exact) mass is 383 g/mol. The minimum absolute atomic E-state index is 0.00322. The molecule has 0 radical (unpaired) electrons.